The Hall–Kier alpha value is -2.02. The van der Waals surface area contributed by atoms with E-state index < -0.39 is 24.2 Å². The van der Waals surface area contributed by atoms with Gasteiger partial charge in [0.1, 0.15) is 12.7 Å². The van der Waals surface area contributed by atoms with Gasteiger partial charge in [-0.25, -0.2) is 4.79 Å². The molecule has 1 aromatic rings. The predicted octanol–water partition coefficient (Wildman–Crippen LogP) is 4.17. The molecule has 1 aliphatic heterocycles. The van der Waals surface area contributed by atoms with E-state index in [0.29, 0.717) is 19.4 Å². The van der Waals surface area contributed by atoms with Crippen molar-refractivity contribution in [3.05, 3.63) is 35.9 Å². The SMILES string of the molecule is CC(=O)O[C@H]1CCCN(C(=O)OCc2ccccc2)[C@@H]1CC(=O)SC(C)(C)C. The summed E-state index contributed by atoms with van der Waals surface area (Å²) in [6, 6.07) is 8.91. The second-order valence-corrected chi connectivity index (χ2v) is 9.77. The Morgan fingerprint density at radius 1 is 1.18 bits per heavy atom. The lowest BCUT2D eigenvalue weighted by molar-refractivity contribution is -0.152. The lowest BCUT2D eigenvalue weighted by Crippen LogP contribution is -2.53. The minimum absolute atomic E-state index is 0.0302. The molecule has 28 heavy (non-hydrogen) atoms. The average molecular weight is 408 g/mol. The number of nitrogens with zero attached hydrogens (tertiary/aromatic N) is 1. The first-order chi connectivity index (χ1) is 13.2. The summed E-state index contributed by atoms with van der Waals surface area (Å²) in [6.07, 6.45) is 0.454. The Morgan fingerprint density at radius 2 is 1.86 bits per heavy atom. The molecule has 154 valence electrons. The largest absolute Gasteiger partial charge is 0.460 e. The Labute approximate surface area is 170 Å². The minimum atomic E-state index is -0.511. The van der Waals surface area contributed by atoms with Crippen LogP contribution in [-0.2, 0) is 25.7 Å². The summed E-state index contributed by atoms with van der Waals surface area (Å²) in [7, 11) is 0. The van der Waals surface area contributed by atoms with Gasteiger partial charge in [0.2, 0.25) is 0 Å². The number of carbonyl (C=O) groups is 3. The predicted molar refractivity (Wildman–Crippen MR) is 109 cm³/mol. The highest BCUT2D eigenvalue weighted by molar-refractivity contribution is 8.14. The molecule has 0 saturated carbocycles. The number of esters is 1. The molecule has 1 aliphatic rings. The van der Waals surface area contributed by atoms with Gasteiger partial charge in [0.05, 0.1) is 6.04 Å². The molecule has 0 bridgehead atoms. The number of benzene rings is 1. The Morgan fingerprint density at radius 3 is 2.46 bits per heavy atom. The van der Waals surface area contributed by atoms with E-state index in [2.05, 4.69) is 0 Å². The zero-order valence-corrected chi connectivity index (χ0v) is 17.8. The maximum Gasteiger partial charge on any atom is 0.410 e. The normalized spacial score (nSPS) is 19.8. The van der Waals surface area contributed by atoms with E-state index >= 15 is 0 Å². The van der Waals surface area contributed by atoms with Gasteiger partial charge in [-0.1, -0.05) is 62.9 Å². The zero-order chi connectivity index (χ0) is 20.7. The summed E-state index contributed by atoms with van der Waals surface area (Å²) < 4.78 is 10.7. The topological polar surface area (TPSA) is 72.9 Å². The fraction of sp³-hybridized carbons (Fsp3) is 0.571. The van der Waals surface area contributed by atoms with Crippen LogP contribution in [0.1, 0.15) is 52.5 Å². The molecule has 2 atom stereocenters. The number of likely N-dealkylation sites (tertiary alicyclic amines) is 1. The Kier molecular flexibility index (Phi) is 7.92. The Bertz CT molecular complexity index is 686. The summed E-state index contributed by atoms with van der Waals surface area (Å²) in [6.45, 7) is 7.87. The van der Waals surface area contributed by atoms with Gasteiger partial charge < -0.3 is 14.4 Å². The molecule has 6 nitrogen and oxygen atoms in total. The number of rotatable bonds is 5. The molecule has 7 heteroatoms. The van der Waals surface area contributed by atoms with Crippen LogP contribution in [0.4, 0.5) is 4.79 Å². The highest BCUT2D eigenvalue weighted by Crippen LogP contribution is 2.30. The van der Waals surface area contributed by atoms with Gasteiger partial charge in [-0.05, 0) is 18.4 Å². The van der Waals surface area contributed by atoms with Crippen LogP contribution in [0.5, 0.6) is 0 Å². The van der Waals surface area contributed by atoms with Crippen molar-refractivity contribution in [2.75, 3.05) is 6.54 Å². The molecular weight excluding hydrogens is 378 g/mol. The van der Waals surface area contributed by atoms with Gasteiger partial charge in [-0.15, -0.1) is 0 Å². The number of thioether (sulfide) groups is 1. The standard InChI is InChI=1S/C21H29NO5S/c1-15(23)27-18-11-8-12-22(17(18)13-19(24)28-21(2,3)4)20(25)26-14-16-9-6-5-7-10-16/h5-7,9-10,17-18H,8,11-14H2,1-4H3/t17-,18+/m1/s1. The maximum atomic E-state index is 12.7. The van der Waals surface area contributed by atoms with E-state index in [1.54, 1.807) is 4.90 Å². The van der Waals surface area contributed by atoms with Crippen LogP contribution in [0.25, 0.3) is 0 Å². The van der Waals surface area contributed by atoms with Gasteiger partial charge in [0.15, 0.2) is 5.12 Å². The van der Waals surface area contributed by atoms with Gasteiger partial charge >= 0.3 is 12.1 Å². The average Bonchev–Trinajstić information content (AvgIpc) is 2.60. The van der Waals surface area contributed by atoms with Gasteiger partial charge in [0, 0.05) is 24.6 Å². The van der Waals surface area contributed by atoms with E-state index in [1.165, 1.54) is 18.7 Å². The van der Waals surface area contributed by atoms with Crippen LogP contribution in [0.2, 0.25) is 0 Å². The number of piperidine rings is 1. The molecule has 1 heterocycles. The fourth-order valence-corrected chi connectivity index (χ4v) is 4.13. The molecule has 1 aromatic carbocycles. The van der Waals surface area contributed by atoms with Gasteiger partial charge in [0.25, 0.3) is 0 Å². The van der Waals surface area contributed by atoms with Crippen LogP contribution >= 0.6 is 11.8 Å². The second-order valence-electron chi connectivity index (χ2n) is 7.88. The first-order valence-corrected chi connectivity index (χ1v) is 10.3. The minimum Gasteiger partial charge on any atom is -0.460 e. The lowest BCUT2D eigenvalue weighted by Gasteiger charge is -2.39. The highest BCUT2D eigenvalue weighted by Gasteiger charge is 2.39. The molecule has 0 aromatic heterocycles. The summed E-state index contributed by atoms with van der Waals surface area (Å²) >= 11 is 1.24. The second kappa shape index (κ2) is 9.96. The van der Waals surface area contributed by atoms with E-state index in [4.69, 9.17) is 9.47 Å². The van der Waals surface area contributed by atoms with Crippen LogP contribution < -0.4 is 0 Å². The summed E-state index contributed by atoms with van der Waals surface area (Å²) in [5.41, 5.74) is 0.889. The quantitative estimate of drug-likeness (QED) is 0.682. The maximum absolute atomic E-state index is 12.7. The smallest absolute Gasteiger partial charge is 0.410 e. The lowest BCUT2D eigenvalue weighted by atomic mass is 9.96. The Balaban J connectivity index is 2.09. The van der Waals surface area contributed by atoms with Crippen molar-refractivity contribution in [1.29, 1.82) is 0 Å². The molecule has 2 rings (SSSR count). The van der Waals surface area contributed by atoms with Crippen LogP contribution in [0.3, 0.4) is 0 Å². The van der Waals surface area contributed by atoms with Crippen molar-refractivity contribution < 1.29 is 23.9 Å². The van der Waals surface area contributed by atoms with Crippen LogP contribution in [0, 0.1) is 0 Å². The molecular formula is C21H29NO5S. The third-order valence-electron chi connectivity index (χ3n) is 4.27. The number of hydrogen-bond donors (Lipinski definition) is 0. The molecule has 0 unspecified atom stereocenters. The van der Waals surface area contributed by atoms with E-state index in [0.717, 1.165) is 5.56 Å². The van der Waals surface area contributed by atoms with Crippen molar-refractivity contribution in [3.8, 4) is 0 Å². The third kappa shape index (κ3) is 7.19. The number of ether oxygens (including phenoxy) is 2. The molecule has 1 fully saturated rings. The summed E-state index contributed by atoms with van der Waals surface area (Å²) in [5.74, 6) is -0.412. The van der Waals surface area contributed by atoms with Gasteiger partial charge in [-0.2, -0.15) is 0 Å². The number of amides is 1. The third-order valence-corrected chi connectivity index (χ3v) is 5.28. The molecule has 0 spiro atoms. The van der Waals surface area contributed by atoms with Gasteiger partial charge in [-0.3, -0.25) is 9.59 Å². The van der Waals surface area contributed by atoms with E-state index in [9.17, 15) is 14.4 Å². The molecule has 0 radical (unpaired) electrons. The molecule has 0 N–H and O–H groups in total. The van der Waals surface area contributed by atoms with E-state index in [1.807, 2.05) is 51.1 Å². The van der Waals surface area contributed by atoms with Crippen molar-refractivity contribution in [2.45, 2.75) is 70.5 Å². The summed E-state index contributed by atoms with van der Waals surface area (Å²) in [4.78, 5) is 38.3. The van der Waals surface area contributed by atoms with Crippen molar-refractivity contribution >= 4 is 28.9 Å². The monoisotopic (exact) mass is 407 g/mol. The van der Waals surface area contributed by atoms with Crippen molar-refractivity contribution in [2.24, 2.45) is 0 Å². The fourth-order valence-electron chi connectivity index (χ4n) is 3.20. The number of hydrogen-bond acceptors (Lipinski definition) is 6. The van der Waals surface area contributed by atoms with Crippen LogP contribution in [0.15, 0.2) is 30.3 Å². The van der Waals surface area contributed by atoms with Crippen molar-refractivity contribution in [1.82, 2.24) is 4.90 Å². The first kappa shape index (κ1) is 22.3. The highest BCUT2D eigenvalue weighted by atomic mass is 32.2. The molecule has 0 aliphatic carbocycles. The zero-order valence-electron chi connectivity index (χ0n) is 17.0. The number of carbonyl (C=O) groups excluding carboxylic acids is 3. The first-order valence-electron chi connectivity index (χ1n) is 9.52. The van der Waals surface area contributed by atoms with E-state index in [-0.39, 0.29) is 22.9 Å². The molecule has 1 saturated heterocycles. The summed E-state index contributed by atoms with van der Waals surface area (Å²) in [5, 5.41) is -0.0302. The molecule has 1 amide bonds. The van der Waals surface area contributed by atoms with Crippen LogP contribution in [-0.4, -0.2) is 45.5 Å². The van der Waals surface area contributed by atoms with Crippen molar-refractivity contribution in [3.63, 3.8) is 0 Å².